The van der Waals surface area contributed by atoms with Crippen LogP contribution in [-0.2, 0) is 5.41 Å². The Morgan fingerprint density at radius 1 is 0.828 bits per heavy atom. The Hall–Kier alpha value is -1.09. The summed E-state index contributed by atoms with van der Waals surface area (Å²) in [4.78, 5) is 0. The molecular weight excluding hydrogens is 427 g/mol. The summed E-state index contributed by atoms with van der Waals surface area (Å²) < 4.78 is 11.7. The van der Waals surface area contributed by atoms with Gasteiger partial charge in [0.15, 0.2) is 0 Å². The molecule has 2 rings (SSSR count). The standard InChI is InChI=1S/C24H31Cl3O2/c1-6-16(2)14-28-22-9-7-18(11-20(22)26)24(4,5)19-8-10-23(21(27)12-19)29-15-17(3)13-25/h7-12,16-17H,6,13-15H2,1-5H3. The maximum absolute atomic E-state index is 6.51. The van der Waals surface area contributed by atoms with Gasteiger partial charge >= 0.3 is 0 Å². The van der Waals surface area contributed by atoms with E-state index < -0.39 is 0 Å². The van der Waals surface area contributed by atoms with E-state index in [-0.39, 0.29) is 11.3 Å². The molecule has 160 valence electrons. The van der Waals surface area contributed by atoms with Crippen molar-refractivity contribution in [3.63, 3.8) is 0 Å². The maximum Gasteiger partial charge on any atom is 0.137 e. The Bertz CT molecular complexity index is 739. The molecule has 0 radical (unpaired) electrons. The lowest BCUT2D eigenvalue weighted by Crippen LogP contribution is -2.19. The van der Waals surface area contributed by atoms with Gasteiger partial charge in [0.2, 0.25) is 0 Å². The average Bonchev–Trinajstić information content (AvgIpc) is 2.71. The van der Waals surface area contributed by atoms with Crippen molar-refractivity contribution in [3.05, 3.63) is 57.6 Å². The van der Waals surface area contributed by atoms with E-state index in [4.69, 9.17) is 44.3 Å². The lowest BCUT2D eigenvalue weighted by molar-refractivity contribution is 0.256. The number of benzene rings is 2. The third-order valence-corrected chi connectivity index (χ3v) is 6.43. The molecular formula is C24H31Cl3O2. The van der Waals surface area contributed by atoms with Crippen LogP contribution < -0.4 is 9.47 Å². The van der Waals surface area contributed by atoms with Crippen LogP contribution in [0.3, 0.4) is 0 Å². The summed E-state index contributed by atoms with van der Waals surface area (Å²) in [6.45, 7) is 11.9. The van der Waals surface area contributed by atoms with Gasteiger partial charge in [0.1, 0.15) is 11.5 Å². The van der Waals surface area contributed by atoms with Crippen molar-refractivity contribution in [3.8, 4) is 11.5 Å². The highest BCUT2D eigenvalue weighted by atomic mass is 35.5. The minimum absolute atomic E-state index is 0.270. The molecule has 0 aliphatic carbocycles. The Kier molecular flexibility index (Phi) is 9.00. The molecule has 0 aromatic heterocycles. The van der Waals surface area contributed by atoms with Crippen molar-refractivity contribution in [2.45, 2.75) is 46.5 Å². The van der Waals surface area contributed by atoms with E-state index in [1.54, 1.807) is 0 Å². The number of halogens is 3. The van der Waals surface area contributed by atoms with Gasteiger partial charge in [-0.2, -0.15) is 0 Å². The van der Waals surface area contributed by atoms with E-state index in [1.165, 1.54) is 0 Å². The summed E-state index contributed by atoms with van der Waals surface area (Å²) >= 11 is 18.8. The fraction of sp³-hybridized carbons (Fsp3) is 0.500. The molecule has 0 amide bonds. The summed E-state index contributed by atoms with van der Waals surface area (Å²) in [5, 5.41) is 1.22. The van der Waals surface area contributed by atoms with Gasteiger partial charge in [0.25, 0.3) is 0 Å². The summed E-state index contributed by atoms with van der Waals surface area (Å²) in [7, 11) is 0. The molecule has 0 spiro atoms. The molecule has 2 nitrogen and oxygen atoms in total. The van der Waals surface area contributed by atoms with Gasteiger partial charge in [0, 0.05) is 17.2 Å². The Morgan fingerprint density at radius 3 is 1.66 bits per heavy atom. The van der Waals surface area contributed by atoms with Crippen molar-refractivity contribution in [2.75, 3.05) is 19.1 Å². The van der Waals surface area contributed by atoms with Crippen molar-refractivity contribution in [1.82, 2.24) is 0 Å². The Morgan fingerprint density at radius 2 is 1.28 bits per heavy atom. The molecule has 2 aromatic carbocycles. The van der Waals surface area contributed by atoms with Crippen LogP contribution >= 0.6 is 34.8 Å². The first kappa shape index (κ1) is 24.2. The molecule has 0 N–H and O–H groups in total. The molecule has 2 unspecified atom stereocenters. The second kappa shape index (κ2) is 10.8. The van der Waals surface area contributed by atoms with Crippen molar-refractivity contribution >= 4 is 34.8 Å². The number of rotatable bonds is 10. The molecule has 0 aliphatic heterocycles. The first-order valence-electron chi connectivity index (χ1n) is 10.1. The quantitative estimate of drug-likeness (QED) is 0.336. The zero-order chi connectivity index (χ0) is 21.6. The highest BCUT2D eigenvalue weighted by Gasteiger charge is 2.25. The van der Waals surface area contributed by atoms with Crippen LogP contribution in [0, 0.1) is 11.8 Å². The topological polar surface area (TPSA) is 18.5 Å². The molecule has 2 aromatic rings. The van der Waals surface area contributed by atoms with Crippen LogP contribution in [0.25, 0.3) is 0 Å². The highest BCUT2D eigenvalue weighted by Crippen LogP contribution is 2.38. The second-order valence-electron chi connectivity index (χ2n) is 8.31. The Labute approximate surface area is 190 Å². The molecule has 2 atom stereocenters. The first-order valence-corrected chi connectivity index (χ1v) is 11.4. The molecule has 0 fully saturated rings. The van der Waals surface area contributed by atoms with Gasteiger partial charge in [-0.05, 0) is 41.3 Å². The number of hydrogen-bond acceptors (Lipinski definition) is 2. The van der Waals surface area contributed by atoms with Crippen LogP contribution in [-0.4, -0.2) is 19.1 Å². The fourth-order valence-corrected chi connectivity index (χ4v) is 3.37. The molecule has 29 heavy (non-hydrogen) atoms. The predicted octanol–water partition coefficient (Wildman–Crippen LogP) is 8.00. The zero-order valence-corrected chi connectivity index (χ0v) is 20.2. The SMILES string of the molecule is CCC(C)COc1ccc(C(C)(C)c2ccc(OCC(C)CCl)c(Cl)c2)cc1Cl. The summed E-state index contributed by atoms with van der Waals surface area (Å²) in [5.41, 5.74) is 1.91. The van der Waals surface area contributed by atoms with E-state index in [9.17, 15) is 0 Å². The average molecular weight is 458 g/mol. The minimum atomic E-state index is -0.273. The number of hydrogen-bond donors (Lipinski definition) is 0. The lowest BCUT2D eigenvalue weighted by Gasteiger charge is -2.27. The summed E-state index contributed by atoms with van der Waals surface area (Å²) in [6, 6.07) is 11.9. The minimum Gasteiger partial charge on any atom is -0.492 e. The summed E-state index contributed by atoms with van der Waals surface area (Å²) in [5.74, 6) is 2.72. The first-order chi connectivity index (χ1) is 13.7. The summed E-state index contributed by atoms with van der Waals surface area (Å²) in [6.07, 6.45) is 1.08. The lowest BCUT2D eigenvalue weighted by atomic mass is 9.78. The van der Waals surface area contributed by atoms with Crippen LogP contribution in [0.4, 0.5) is 0 Å². The van der Waals surface area contributed by atoms with Crippen LogP contribution in [0.1, 0.15) is 52.2 Å². The van der Waals surface area contributed by atoms with E-state index in [0.29, 0.717) is 40.8 Å². The van der Waals surface area contributed by atoms with Gasteiger partial charge in [-0.25, -0.2) is 0 Å². The van der Waals surface area contributed by atoms with E-state index in [2.05, 4.69) is 33.8 Å². The molecule has 0 saturated carbocycles. The predicted molar refractivity (Wildman–Crippen MR) is 125 cm³/mol. The second-order valence-corrected chi connectivity index (χ2v) is 9.43. The van der Waals surface area contributed by atoms with E-state index in [0.717, 1.165) is 23.3 Å². The molecule has 0 saturated heterocycles. The number of ether oxygens (including phenoxy) is 2. The third-order valence-electron chi connectivity index (χ3n) is 5.31. The maximum atomic E-state index is 6.51. The molecule has 5 heteroatoms. The smallest absolute Gasteiger partial charge is 0.137 e. The van der Waals surface area contributed by atoms with Gasteiger partial charge in [-0.1, -0.05) is 76.4 Å². The molecule has 0 aliphatic rings. The van der Waals surface area contributed by atoms with Crippen molar-refractivity contribution in [2.24, 2.45) is 11.8 Å². The third kappa shape index (κ3) is 6.44. The molecule has 0 bridgehead atoms. The van der Waals surface area contributed by atoms with Crippen LogP contribution in [0.5, 0.6) is 11.5 Å². The Balaban J connectivity index is 2.19. The van der Waals surface area contributed by atoms with Crippen LogP contribution in [0.2, 0.25) is 10.0 Å². The fourth-order valence-electron chi connectivity index (χ4n) is 2.81. The van der Waals surface area contributed by atoms with Crippen molar-refractivity contribution < 1.29 is 9.47 Å². The van der Waals surface area contributed by atoms with Crippen LogP contribution in [0.15, 0.2) is 36.4 Å². The largest absolute Gasteiger partial charge is 0.492 e. The van der Waals surface area contributed by atoms with Gasteiger partial charge < -0.3 is 9.47 Å². The highest BCUT2D eigenvalue weighted by molar-refractivity contribution is 6.32. The van der Waals surface area contributed by atoms with Gasteiger partial charge in [0.05, 0.1) is 23.3 Å². The van der Waals surface area contributed by atoms with E-state index >= 15 is 0 Å². The van der Waals surface area contributed by atoms with Gasteiger partial charge in [-0.15, -0.1) is 11.6 Å². The number of alkyl halides is 1. The van der Waals surface area contributed by atoms with Gasteiger partial charge in [-0.3, -0.25) is 0 Å². The zero-order valence-electron chi connectivity index (χ0n) is 17.9. The normalized spacial score (nSPS) is 13.8. The van der Waals surface area contributed by atoms with E-state index in [1.807, 2.05) is 37.3 Å². The monoisotopic (exact) mass is 456 g/mol. The van der Waals surface area contributed by atoms with Crippen molar-refractivity contribution in [1.29, 1.82) is 0 Å². The molecule has 0 heterocycles.